The van der Waals surface area contributed by atoms with Crippen molar-refractivity contribution in [3.63, 3.8) is 0 Å². The molecule has 7 heteroatoms. The van der Waals surface area contributed by atoms with Crippen molar-refractivity contribution in [3.8, 4) is 0 Å². The van der Waals surface area contributed by atoms with Gasteiger partial charge >= 0.3 is 5.97 Å². The molecule has 2 amide bonds. The number of nitrogens with zero attached hydrogens (tertiary/aromatic N) is 1. The third-order valence-electron chi connectivity index (χ3n) is 5.05. The zero-order valence-electron chi connectivity index (χ0n) is 13.9. The molecule has 134 valence electrons. The fraction of sp³-hybridized carbons (Fsp3) is 0.500. The Morgan fingerprint density at radius 1 is 1.16 bits per heavy atom. The molecule has 2 N–H and O–H groups in total. The number of benzene rings is 1. The lowest BCUT2D eigenvalue weighted by Gasteiger charge is -2.34. The maximum Gasteiger partial charge on any atom is 0.329 e. The van der Waals surface area contributed by atoms with Gasteiger partial charge in [-0.05, 0) is 37.5 Å². The summed E-state index contributed by atoms with van der Waals surface area (Å²) in [6.07, 6.45) is 4.15. The molecule has 0 bridgehead atoms. The molecule has 1 heterocycles. The molecule has 1 aliphatic heterocycles. The summed E-state index contributed by atoms with van der Waals surface area (Å²) in [5.74, 6) is -2.64. The van der Waals surface area contributed by atoms with Crippen LogP contribution in [0.3, 0.4) is 0 Å². The van der Waals surface area contributed by atoms with Gasteiger partial charge in [0.05, 0.1) is 5.56 Å². The van der Waals surface area contributed by atoms with Crippen LogP contribution in [0.25, 0.3) is 0 Å². The second kappa shape index (κ2) is 6.82. The van der Waals surface area contributed by atoms with E-state index >= 15 is 0 Å². The molecule has 1 saturated heterocycles. The Labute approximate surface area is 145 Å². The molecule has 0 unspecified atom stereocenters. The Hall–Kier alpha value is -2.44. The van der Waals surface area contributed by atoms with Crippen molar-refractivity contribution < 1.29 is 23.9 Å². The number of carboxylic acid groups (broad SMARTS) is 1. The van der Waals surface area contributed by atoms with Crippen molar-refractivity contribution in [3.05, 3.63) is 29.6 Å². The number of halogens is 1. The molecule has 1 aliphatic carbocycles. The highest BCUT2D eigenvalue weighted by Gasteiger charge is 2.41. The highest BCUT2D eigenvalue weighted by Crippen LogP contribution is 2.30. The van der Waals surface area contributed by atoms with Gasteiger partial charge in [-0.1, -0.05) is 19.3 Å². The van der Waals surface area contributed by atoms with Crippen molar-refractivity contribution in [1.29, 1.82) is 0 Å². The predicted octanol–water partition coefficient (Wildman–Crippen LogP) is 2.47. The fourth-order valence-corrected chi connectivity index (χ4v) is 3.61. The monoisotopic (exact) mass is 348 g/mol. The summed E-state index contributed by atoms with van der Waals surface area (Å²) < 4.78 is 14.2. The van der Waals surface area contributed by atoms with E-state index in [1.54, 1.807) is 0 Å². The minimum absolute atomic E-state index is 0.0627. The summed E-state index contributed by atoms with van der Waals surface area (Å²) in [6.45, 7) is 0.532. The van der Waals surface area contributed by atoms with Crippen LogP contribution >= 0.6 is 0 Å². The van der Waals surface area contributed by atoms with Gasteiger partial charge in [0.1, 0.15) is 11.4 Å². The van der Waals surface area contributed by atoms with Gasteiger partial charge in [-0.15, -0.1) is 0 Å². The average molecular weight is 348 g/mol. The zero-order chi connectivity index (χ0) is 18.0. The van der Waals surface area contributed by atoms with E-state index in [2.05, 4.69) is 5.32 Å². The lowest BCUT2D eigenvalue weighted by atomic mass is 9.81. The molecule has 1 saturated carbocycles. The Kier molecular flexibility index (Phi) is 4.74. The number of anilines is 1. The van der Waals surface area contributed by atoms with Gasteiger partial charge in [-0.3, -0.25) is 9.59 Å². The van der Waals surface area contributed by atoms with Gasteiger partial charge in [-0.2, -0.15) is 0 Å². The third-order valence-corrected chi connectivity index (χ3v) is 5.05. The molecule has 0 radical (unpaired) electrons. The summed E-state index contributed by atoms with van der Waals surface area (Å²) in [6, 6.07) is 3.93. The largest absolute Gasteiger partial charge is 0.480 e. The number of nitrogens with one attached hydrogen (secondary N) is 1. The van der Waals surface area contributed by atoms with E-state index in [0.29, 0.717) is 44.3 Å². The number of carbonyl (C=O) groups excluding carboxylic acids is 2. The van der Waals surface area contributed by atoms with Gasteiger partial charge in [0.2, 0.25) is 5.91 Å². The lowest BCUT2D eigenvalue weighted by Crippen LogP contribution is -2.55. The van der Waals surface area contributed by atoms with Gasteiger partial charge in [-0.25, -0.2) is 9.18 Å². The summed E-state index contributed by atoms with van der Waals surface area (Å²) in [5.41, 5.74) is -1.12. The number of hydrogen-bond donors (Lipinski definition) is 2. The molecule has 2 aliphatic rings. The van der Waals surface area contributed by atoms with Gasteiger partial charge < -0.3 is 15.3 Å². The molecule has 1 aromatic carbocycles. The van der Waals surface area contributed by atoms with Crippen molar-refractivity contribution in [1.82, 2.24) is 5.32 Å². The number of rotatable bonds is 4. The van der Waals surface area contributed by atoms with E-state index in [1.165, 1.54) is 17.0 Å². The van der Waals surface area contributed by atoms with Crippen molar-refractivity contribution in [2.75, 3.05) is 11.4 Å². The highest BCUT2D eigenvalue weighted by molar-refractivity contribution is 6.01. The average Bonchev–Trinajstić information content (AvgIpc) is 3.02. The summed E-state index contributed by atoms with van der Waals surface area (Å²) in [4.78, 5) is 37.6. The van der Waals surface area contributed by atoms with Crippen LogP contribution in [0.5, 0.6) is 0 Å². The zero-order valence-corrected chi connectivity index (χ0v) is 13.9. The Balaban J connectivity index is 1.86. The van der Waals surface area contributed by atoms with Crippen LogP contribution in [-0.2, 0) is 9.59 Å². The molecule has 0 atom stereocenters. The van der Waals surface area contributed by atoms with E-state index in [0.717, 1.165) is 18.9 Å². The number of carbonyl (C=O) groups is 3. The highest BCUT2D eigenvalue weighted by atomic mass is 19.1. The first-order valence-electron chi connectivity index (χ1n) is 8.59. The van der Waals surface area contributed by atoms with Crippen molar-refractivity contribution >= 4 is 23.5 Å². The van der Waals surface area contributed by atoms with Crippen LogP contribution in [-0.4, -0.2) is 35.0 Å². The summed E-state index contributed by atoms with van der Waals surface area (Å²) in [7, 11) is 0. The Bertz CT molecular complexity index is 713. The second-order valence-corrected chi connectivity index (χ2v) is 6.72. The molecule has 0 spiro atoms. The Morgan fingerprint density at radius 3 is 2.48 bits per heavy atom. The van der Waals surface area contributed by atoms with E-state index in [1.807, 2.05) is 0 Å². The normalized spacial score (nSPS) is 19.7. The topological polar surface area (TPSA) is 86.7 Å². The van der Waals surface area contributed by atoms with Crippen molar-refractivity contribution in [2.24, 2.45) is 0 Å². The maximum atomic E-state index is 14.2. The molecule has 6 nitrogen and oxygen atoms in total. The summed E-state index contributed by atoms with van der Waals surface area (Å²) in [5, 5.41) is 12.1. The van der Waals surface area contributed by atoms with Crippen LogP contribution in [0.1, 0.15) is 55.3 Å². The molecular formula is C18H21FN2O4. The molecule has 2 fully saturated rings. The minimum atomic E-state index is -1.35. The fourth-order valence-electron chi connectivity index (χ4n) is 3.61. The minimum Gasteiger partial charge on any atom is -0.480 e. The first-order valence-corrected chi connectivity index (χ1v) is 8.59. The van der Waals surface area contributed by atoms with Crippen LogP contribution in [0.4, 0.5) is 10.1 Å². The number of aliphatic carboxylic acids is 1. The number of amides is 2. The summed E-state index contributed by atoms with van der Waals surface area (Å²) >= 11 is 0. The standard InChI is InChI=1S/C18H21FN2O4/c19-14-7-6-12(21-10-4-5-15(21)22)11-13(14)16(23)20-18(17(24)25)8-2-1-3-9-18/h6-7,11H,1-5,8-10H2,(H,20,23)(H,24,25). The van der Waals surface area contributed by atoms with Crippen LogP contribution in [0.2, 0.25) is 0 Å². The smallest absolute Gasteiger partial charge is 0.329 e. The van der Waals surface area contributed by atoms with E-state index in [-0.39, 0.29) is 11.5 Å². The second-order valence-electron chi connectivity index (χ2n) is 6.72. The molecular weight excluding hydrogens is 327 g/mol. The van der Waals surface area contributed by atoms with Crippen LogP contribution < -0.4 is 10.2 Å². The quantitative estimate of drug-likeness (QED) is 0.875. The van der Waals surface area contributed by atoms with E-state index in [4.69, 9.17) is 0 Å². The van der Waals surface area contributed by atoms with E-state index in [9.17, 15) is 23.9 Å². The number of hydrogen-bond acceptors (Lipinski definition) is 3. The lowest BCUT2D eigenvalue weighted by molar-refractivity contribution is -0.146. The van der Waals surface area contributed by atoms with Crippen LogP contribution in [0.15, 0.2) is 18.2 Å². The maximum absolute atomic E-state index is 14.2. The molecule has 1 aromatic rings. The predicted molar refractivity (Wildman–Crippen MR) is 88.9 cm³/mol. The molecule has 3 rings (SSSR count). The van der Waals surface area contributed by atoms with Gasteiger partial charge in [0.15, 0.2) is 0 Å². The van der Waals surface area contributed by atoms with Crippen LogP contribution in [0, 0.1) is 5.82 Å². The molecule has 25 heavy (non-hydrogen) atoms. The SMILES string of the molecule is O=C(NC1(C(=O)O)CCCCC1)c1cc(N2CCCC2=O)ccc1F. The Morgan fingerprint density at radius 2 is 1.88 bits per heavy atom. The number of carboxylic acids is 1. The third kappa shape index (κ3) is 3.36. The van der Waals surface area contributed by atoms with E-state index < -0.39 is 23.2 Å². The van der Waals surface area contributed by atoms with Gasteiger partial charge in [0.25, 0.3) is 5.91 Å². The van der Waals surface area contributed by atoms with Crippen molar-refractivity contribution in [2.45, 2.75) is 50.5 Å². The molecule has 0 aromatic heterocycles. The van der Waals surface area contributed by atoms with Gasteiger partial charge in [0, 0.05) is 18.7 Å². The first-order chi connectivity index (χ1) is 11.9. The first kappa shape index (κ1) is 17.4.